The number of rotatable bonds is 7. The summed E-state index contributed by atoms with van der Waals surface area (Å²) in [7, 11) is 0. The third kappa shape index (κ3) is 4.79. The van der Waals surface area contributed by atoms with Crippen molar-refractivity contribution >= 4 is 23.9 Å². The Balaban J connectivity index is 3.77. The van der Waals surface area contributed by atoms with Gasteiger partial charge >= 0.3 is 80.9 Å². The maximum absolute atomic E-state index is 11.3. The Morgan fingerprint density at radius 3 is 2.42 bits per heavy atom. The van der Waals surface area contributed by atoms with E-state index in [0.29, 0.717) is 6.42 Å². The molecule has 0 amide bonds. The zero-order valence-electron chi connectivity index (χ0n) is 7.68. The van der Waals surface area contributed by atoms with Crippen molar-refractivity contribution in [2.75, 3.05) is 4.43 Å². The van der Waals surface area contributed by atoms with Crippen molar-refractivity contribution in [3.8, 4) is 0 Å². The molecular formula is C8H16INO2. The average Bonchev–Trinajstić information content (AvgIpc) is 2.10. The molecule has 4 heteroatoms. The Bertz CT molecular complexity index is 150. The zero-order chi connectivity index (χ0) is 9.40. The van der Waals surface area contributed by atoms with Gasteiger partial charge in [0.1, 0.15) is 0 Å². The molecule has 0 rings (SSSR count). The van der Waals surface area contributed by atoms with Crippen LogP contribution in [0.25, 0.3) is 0 Å². The summed E-state index contributed by atoms with van der Waals surface area (Å²) in [6.07, 6.45) is 3.41. The summed E-state index contributed by atoms with van der Waals surface area (Å²) in [6.45, 7) is 4.03. The number of carbonyl (C=O) groups is 1. The molecule has 0 aromatic rings. The summed E-state index contributed by atoms with van der Waals surface area (Å²) in [5.41, 5.74) is 0. The molecule has 0 aromatic heterocycles. The Morgan fingerprint density at radius 1 is 1.33 bits per heavy atom. The molecule has 72 valence electrons. The molecule has 12 heavy (non-hydrogen) atoms. The number of alkyl halides is 1. The van der Waals surface area contributed by atoms with E-state index < -0.39 is 20.1 Å². The van der Waals surface area contributed by atoms with E-state index >= 15 is 0 Å². The molecule has 0 N–H and O–H groups in total. The van der Waals surface area contributed by atoms with Gasteiger partial charge in [-0.1, -0.05) is 0 Å². The molecule has 0 unspecified atom stereocenters. The van der Waals surface area contributed by atoms with E-state index in [0.717, 1.165) is 23.7 Å². The van der Waals surface area contributed by atoms with Gasteiger partial charge in [0.25, 0.3) is 0 Å². The molecule has 0 fully saturated rings. The third-order valence-electron chi connectivity index (χ3n) is 1.42. The van der Waals surface area contributed by atoms with E-state index in [1.165, 1.54) is 0 Å². The number of halogens is 1. The van der Waals surface area contributed by atoms with E-state index in [4.69, 9.17) is 0 Å². The van der Waals surface area contributed by atoms with Gasteiger partial charge in [0.15, 0.2) is 0 Å². The quantitative estimate of drug-likeness (QED) is 0.312. The third-order valence-corrected chi connectivity index (χ3v) is 5.93. The fourth-order valence-corrected chi connectivity index (χ4v) is 3.83. The van der Waals surface area contributed by atoms with E-state index in [1.54, 1.807) is 0 Å². The van der Waals surface area contributed by atoms with Crippen molar-refractivity contribution in [3.63, 3.8) is 0 Å². The van der Waals surface area contributed by atoms with Gasteiger partial charge in [0.2, 0.25) is 0 Å². The van der Waals surface area contributed by atoms with E-state index in [2.05, 4.69) is 3.39 Å². The summed E-state index contributed by atoms with van der Waals surface area (Å²) in [4.78, 5) is 21.6. The summed E-state index contributed by atoms with van der Waals surface area (Å²) in [5, 5.41) is 0. The molecule has 0 radical (unpaired) electrons. The second kappa shape index (κ2) is 7.64. The summed E-state index contributed by atoms with van der Waals surface area (Å²) < 4.78 is 3.91. The number of hydrogen-bond donors (Lipinski definition) is 0. The number of hydrogen-bond acceptors (Lipinski definition) is 3. The summed E-state index contributed by atoms with van der Waals surface area (Å²) in [6, 6.07) is 0. The molecule has 0 bridgehead atoms. The predicted molar refractivity (Wildman–Crippen MR) is 59.5 cm³/mol. The predicted octanol–water partition coefficient (Wildman–Crippen LogP) is 3.30. The van der Waals surface area contributed by atoms with Gasteiger partial charge in [-0.05, 0) is 0 Å². The standard InChI is InChI=1S/C8H16INO2/c1-3-5-6-8(11)9(10-12)7-4-2/h3-7H2,1-2H3. The first-order chi connectivity index (χ1) is 5.76. The first-order valence-corrected chi connectivity index (χ1v) is 7.85. The van der Waals surface area contributed by atoms with Crippen LogP contribution in [-0.2, 0) is 4.79 Å². The maximum atomic E-state index is 11.3. The second-order valence-corrected chi connectivity index (χ2v) is 7.16. The van der Waals surface area contributed by atoms with Crippen molar-refractivity contribution in [2.45, 2.75) is 39.5 Å². The minimum atomic E-state index is -2.08. The Morgan fingerprint density at radius 2 is 2.00 bits per heavy atom. The average molecular weight is 285 g/mol. The van der Waals surface area contributed by atoms with Gasteiger partial charge in [0.05, 0.1) is 0 Å². The van der Waals surface area contributed by atoms with E-state index in [-0.39, 0.29) is 3.79 Å². The summed E-state index contributed by atoms with van der Waals surface area (Å²) in [5.74, 6) is 0. The Kier molecular flexibility index (Phi) is 7.64. The van der Waals surface area contributed by atoms with E-state index in [9.17, 15) is 9.70 Å². The molecule has 0 aromatic carbocycles. The zero-order valence-corrected chi connectivity index (χ0v) is 9.83. The Labute approximate surface area is 81.0 Å². The van der Waals surface area contributed by atoms with Crippen molar-refractivity contribution in [1.29, 1.82) is 0 Å². The molecule has 0 aliphatic carbocycles. The topological polar surface area (TPSA) is 46.5 Å². The van der Waals surface area contributed by atoms with Crippen LogP contribution in [0.15, 0.2) is 3.39 Å². The first kappa shape index (κ1) is 12.0. The number of carbonyl (C=O) groups excluding carboxylic acids is 1. The molecule has 0 saturated heterocycles. The van der Waals surface area contributed by atoms with Crippen LogP contribution in [-0.4, -0.2) is 8.22 Å². The number of nitrogens with zero attached hydrogens (tertiary/aromatic N) is 1. The van der Waals surface area contributed by atoms with Crippen molar-refractivity contribution < 1.29 is 4.79 Å². The van der Waals surface area contributed by atoms with Gasteiger partial charge in [-0.3, -0.25) is 0 Å². The molecule has 0 aliphatic rings. The molecule has 3 nitrogen and oxygen atoms in total. The first-order valence-electron chi connectivity index (χ1n) is 4.28. The molecule has 0 atom stereocenters. The second-order valence-electron chi connectivity index (χ2n) is 2.55. The molecule has 0 spiro atoms. The van der Waals surface area contributed by atoms with Gasteiger partial charge in [-0.2, -0.15) is 0 Å². The molecule has 0 heterocycles. The summed E-state index contributed by atoms with van der Waals surface area (Å²) >= 11 is -2.08. The fourth-order valence-electron chi connectivity index (χ4n) is 0.782. The normalized spacial score (nSPS) is 11.0. The van der Waals surface area contributed by atoms with Crippen molar-refractivity contribution in [1.82, 2.24) is 0 Å². The van der Waals surface area contributed by atoms with Crippen LogP contribution in [0.5, 0.6) is 0 Å². The van der Waals surface area contributed by atoms with Gasteiger partial charge in [-0.25, -0.2) is 0 Å². The van der Waals surface area contributed by atoms with Crippen LogP contribution in [0, 0.1) is 4.91 Å². The molecular weight excluding hydrogens is 269 g/mol. The monoisotopic (exact) mass is 285 g/mol. The van der Waals surface area contributed by atoms with Crippen LogP contribution < -0.4 is 0 Å². The van der Waals surface area contributed by atoms with Crippen LogP contribution in [0.4, 0.5) is 0 Å². The molecule has 0 aliphatic heterocycles. The van der Waals surface area contributed by atoms with Crippen LogP contribution in [0.3, 0.4) is 0 Å². The molecule has 0 saturated carbocycles. The minimum absolute atomic E-state index is 0.165. The van der Waals surface area contributed by atoms with Crippen LogP contribution in [0.2, 0.25) is 0 Å². The van der Waals surface area contributed by atoms with Crippen molar-refractivity contribution in [2.24, 2.45) is 3.39 Å². The number of nitroso groups, excluding NO2 is 1. The van der Waals surface area contributed by atoms with E-state index in [1.807, 2.05) is 13.8 Å². The SMILES string of the molecule is CCCCC(=O)I(CCC)N=O. The fraction of sp³-hybridized carbons (Fsp3) is 0.875. The Hall–Kier alpha value is -0.0000000000000000555. The van der Waals surface area contributed by atoms with Gasteiger partial charge < -0.3 is 0 Å². The number of unbranched alkanes of at least 4 members (excludes halogenated alkanes) is 1. The van der Waals surface area contributed by atoms with Crippen molar-refractivity contribution in [3.05, 3.63) is 4.91 Å². The van der Waals surface area contributed by atoms with Crippen LogP contribution in [0.1, 0.15) is 39.5 Å². The van der Waals surface area contributed by atoms with Crippen LogP contribution >= 0.6 is 20.1 Å². The van der Waals surface area contributed by atoms with Gasteiger partial charge in [-0.15, -0.1) is 0 Å². The van der Waals surface area contributed by atoms with Gasteiger partial charge in [0, 0.05) is 0 Å².